The Labute approximate surface area is 140 Å². The van der Waals surface area contributed by atoms with Crippen molar-refractivity contribution in [1.82, 2.24) is 29.1 Å². The molecule has 3 heterocycles. The van der Waals surface area contributed by atoms with E-state index >= 15 is 0 Å². The van der Waals surface area contributed by atoms with E-state index in [9.17, 15) is 5.21 Å². The molecule has 0 atom stereocenters. The number of terminal acetylenes is 1. The summed E-state index contributed by atoms with van der Waals surface area (Å²) >= 11 is 1.15. The predicted molar refractivity (Wildman–Crippen MR) is 85.1 cm³/mol. The van der Waals surface area contributed by atoms with Crippen molar-refractivity contribution < 1.29 is 9.94 Å². The minimum absolute atomic E-state index is 0.119. The quantitative estimate of drug-likeness (QED) is 0.302. The van der Waals surface area contributed by atoms with Gasteiger partial charge in [0.15, 0.2) is 11.5 Å². The highest BCUT2D eigenvalue weighted by atomic mass is 32.2. The largest absolute Gasteiger partial charge is 0.732 e. The van der Waals surface area contributed by atoms with Crippen molar-refractivity contribution >= 4 is 28.7 Å². The van der Waals surface area contributed by atoms with Crippen LogP contribution >= 0.6 is 11.8 Å². The van der Waals surface area contributed by atoms with E-state index in [1.165, 1.54) is 12.7 Å². The van der Waals surface area contributed by atoms with Gasteiger partial charge >= 0.3 is 0 Å². The number of fused-ring (bicyclic) bond motifs is 1. The highest BCUT2D eigenvalue weighted by Gasteiger charge is 2.17. The third kappa shape index (κ3) is 3.03. The molecule has 3 aromatic heterocycles. The second kappa shape index (κ2) is 6.85. The number of rotatable bonds is 6. The van der Waals surface area contributed by atoms with Gasteiger partial charge in [-0.15, -0.1) is 6.42 Å². The first-order chi connectivity index (χ1) is 11.6. The number of imidazole rings is 2. The van der Waals surface area contributed by atoms with E-state index in [1.807, 2.05) is 0 Å². The molecule has 11 heteroatoms. The van der Waals surface area contributed by atoms with E-state index in [1.54, 1.807) is 22.5 Å². The zero-order valence-electron chi connectivity index (χ0n) is 12.5. The maximum absolute atomic E-state index is 11.2. The summed E-state index contributed by atoms with van der Waals surface area (Å²) in [5.41, 5.74) is 1.10. The summed E-state index contributed by atoms with van der Waals surface area (Å²) in [5.74, 6) is 2.26. The van der Waals surface area contributed by atoms with Crippen LogP contribution in [-0.2, 0) is 18.5 Å². The normalized spacial score (nSPS) is 10.9. The zero-order chi connectivity index (χ0) is 17.1. The lowest BCUT2D eigenvalue weighted by atomic mass is 10.5. The van der Waals surface area contributed by atoms with Gasteiger partial charge in [0.2, 0.25) is 0 Å². The Hall–Kier alpha value is -2.65. The molecule has 0 bridgehead atoms. The van der Waals surface area contributed by atoms with E-state index in [0.29, 0.717) is 21.2 Å². The van der Waals surface area contributed by atoms with Crippen LogP contribution in [0.5, 0.6) is 0 Å². The van der Waals surface area contributed by atoms with Gasteiger partial charge in [0, 0.05) is 7.05 Å². The number of anilines is 1. The van der Waals surface area contributed by atoms with Crippen LogP contribution in [-0.4, -0.2) is 40.9 Å². The van der Waals surface area contributed by atoms with Crippen molar-refractivity contribution in [3.05, 3.63) is 24.2 Å². The molecule has 0 aromatic carbocycles. The van der Waals surface area contributed by atoms with E-state index < -0.39 is 0 Å². The number of aromatic nitrogens is 6. The average molecular weight is 346 g/mol. The summed E-state index contributed by atoms with van der Waals surface area (Å²) in [4.78, 5) is 16.5. The Morgan fingerprint density at radius 3 is 2.96 bits per heavy atom. The summed E-state index contributed by atoms with van der Waals surface area (Å²) in [6, 6.07) is 0. The lowest BCUT2D eigenvalue weighted by molar-refractivity contribution is 0.107. The standard InChI is InChI=1S/C13H12N7O3S/c1-3-4-23-8-19-7-16-9-10(19)14-5-15-12(9)24-13-11(20(21)22)17-6-18(13)2/h1,5-7,21H,4,8H2,2H3/q-1. The van der Waals surface area contributed by atoms with Crippen molar-refractivity contribution in [2.75, 3.05) is 11.8 Å². The lowest BCUT2D eigenvalue weighted by Gasteiger charge is -2.20. The molecule has 124 valence electrons. The van der Waals surface area contributed by atoms with E-state index in [4.69, 9.17) is 16.4 Å². The van der Waals surface area contributed by atoms with Crippen molar-refractivity contribution in [3.8, 4) is 12.3 Å². The molecule has 1 N–H and O–H groups in total. The van der Waals surface area contributed by atoms with Crippen LogP contribution in [0, 0.1) is 17.6 Å². The number of aryl methyl sites for hydroxylation is 1. The van der Waals surface area contributed by atoms with Gasteiger partial charge < -0.3 is 19.7 Å². The van der Waals surface area contributed by atoms with Crippen molar-refractivity contribution in [2.45, 2.75) is 16.8 Å². The first-order valence-electron chi connectivity index (χ1n) is 6.64. The fourth-order valence-corrected chi connectivity index (χ4v) is 2.92. The molecule has 0 aliphatic carbocycles. The molecule has 0 spiro atoms. The highest BCUT2D eigenvalue weighted by Crippen LogP contribution is 2.35. The van der Waals surface area contributed by atoms with Crippen molar-refractivity contribution in [2.24, 2.45) is 7.05 Å². The highest BCUT2D eigenvalue weighted by molar-refractivity contribution is 7.99. The van der Waals surface area contributed by atoms with Gasteiger partial charge in [-0.25, -0.2) is 19.9 Å². The molecular formula is C13H12N7O3S-. The molecule has 24 heavy (non-hydrogen) atoms. The lowest BCUT2D eigenvalue weighted by Crippen LogP contribution is -2.09. The number of hydrogen-bond acceptors (Lipinski definition) is 9. The summed E-state index contributed by atoms with van der Waals surface area (Å²) in [7, 11) is 1.70. The van der Waals surface area contributed by atoms with Crippen LogP contribution < -0.4 is 5.23 Å². The average Bonchev–Trinajstić information content (AvgIpc) is 3.13. The summed E-state index contributed by atoms with van der Waals surface area (Å²) in [6.45, 7) is 0.393. The van der Waals surface area contributed by atoms with Gasteiger partial charge in [-0.3, -0.25) is 9.77 Å². The number of ether oxygens (including phenoxy) is 1. The first kappa shape index (κ1) is 16.2. The fourth-order valence-electron chi connectivity index (χ4n) is 1.98. The Kier molecular flexibility index (Phi) is 4.63. The summed E-state index contributed by atoms with van der Waals surface area (Å²) in [5, 5.41) is 21.0. The summed E-state index contributed by atoms with van der Waals surface area (Å²) < 4.78 is 8.56. The molecule has 3 aromatic rings. The third-order valence-electron chi connectivity index (χ3n) is 3.02. The Morgan fingerprint density at radius 1 is 1.38 bits per heavy atom. The molecule has 0 radical (unpaired) electrons. The third-order valence-corrected chi connectivity index (χ3v) is 4.18. The van der Waals surface area contributed by atoms with Crippen LogP contribution in [0.3, 0.4) is 0 Å². The molecule has 0 fully saturated rings. The van der Waals surface area contributed by atoms with Crippen LogP contribution in [0.4, 0.5) is 5.82 Å². The molecule has 0 saturated heterocycles. The van der Waals surface area contributed by atoms with E-state index in [-0.39, 0.29) is 24.4 Å². The first-order valence-corrected chi connectivity index (χ1v) is 7.45. The molecule has 0 unspecified atom stereocenters. The fraction of sp³-hybridized carbons (Fsp3) is 0.231. The minimum Gasteiger partial charge on any atom is -0.732 e. The van der Waals surface area contributed by atoms with Crippen molar-refractivity contribution in [3.63, 3.8) is 0 Å². The Morgan fingerprint density at radius 2 is 2.21 bits per heavy atom. The minimum atomic E-state index is -0.285. The van der Waals surface area contributed by atoms with Gasteiger partial charge in [0.1, 0.15) is 35.2 Å². The van der Waals surface area contributed by atoms with Crippen LogP contribution in [0.15, 0.2) is 29.0 Å². The molecule has 10 nitrogen and oxygen atoms in total. The second-order valence-electron chi connectivity index (χ2n) is 4.61. The molecule has 0 saturated carbocycles. The molecule has 0 amide bonds. The van der Waals surface area contributed by atoms with Gasteiger partial charge in [-0.2, -0.15) is 0 Å². The maximum Gasteiger partial charge on any atom is 0.174 e. The van der Waals surface area contributed by atoms with Gasteiger partial charge in [-0.05, 0) is 11.8 Å². The smallest absolute Gasteiger partial charge is 0.174 e. The summed E-state index contributed by atoms with van der Waals surface area (Å²) in [6.07, 6.45) is 9.51. The van der Waals surface area contributed by atoms with Crippen LogP contribution in [0.1, 0.15) is 0 Å². The number of nitrogens with zero attached hydrogens (tertiary/aromatic N) is 7. The maximum atomic E-state index is 11.2. The van der Waals surface area contributed by atoms with Gasteiger partial charge in [-0.1, -0.05) is 5.92 Å². The van der Waals surface area contributed by atoms with Gasteiger partial charge in [0.05, 0.1) is 12.7 Å². The molecule has 0 aliphatic heterocycles. The van der Waals surface area contributed by atoms with Gasteiger partial charge in [0.25, 0.3) is 0 Å². The predicted octanol–water partition coefficient (Wildman–Crippen LogP) is 1.01. The monoisotopic (exact) mass is 346 g/mol. The second-order valence-corrected chi connectivity index (χ2v) is 5.58. The van der Waals surface area contributed by atoms with E-state index in [2.05, 4.69) is 25.9 Å². The van der Waals surface area contributed by atoms with Crippen LogP contribution in [0.2, 0.25) is 0 Å². The molecule has 3 rings (SSSR count). The topological polar surface area (TPSA) is 117 Å². The number of hydrogen-bond donors (Lipinski definition) is 1. The SMILES string of the molecule is C#CCOCn1cnc2c(Sc3c(N([O-])O)ncn3C)ncnc21. The molecule has 0 aliphatic rings. The van der Waals surface area contributed by atoms with Crippen LogP contribution in [0.25, 0.3) is 11.2 Å². The van der Waals surface area contributed by atoms with E-state index in [0.717, 1.165) is 11.8 Å². The Balaban J connectivity index is 1.94. The van der Waals surface area contributed by atoms with Crippen molar-refractivity contribution in [1.29, 1.82) is 0 Å². The molecular weight excluding hydrogens is 334 g/mol. The zero-order valence-corrected chi connectivity index (χ0v) is 13.3. The Bertz CT molecular complexity index is 899.